The van der Waals surface area contributed by atoms with Gasteiger partial charge in [-0.15, -0.1) is 0 Å². The summed E-state index contributed by atoms with van der Waals surface area (Å²) in [7, 11) is 0. The maximum Gasteiger partial charge on any atom is 0.137 e. The van der Waals surface area contributed by atoms with E-state index in [4.69, 9.17) is 9.72 Å². The fraction of sp³-hybridized carbons (Fsp3) is 0.354. The molecule has 3 heterocycles. The number of benzene rings is 4. The van der Waals surface area contributed by atoms with E-state index in [2.05, 4.69) is 195 Å². The lowest BCUT2D eigenvalue weighted by molar-refractivity contribution is 0.483. The average molecular weight is 705 g/mol. The summed E-state index contributed by atoms with van der Waals surface area (Å²) >= 11 is 0. The van der Waals surface area contributed by atoms with Crippen molar-refractivity contribution in [1.82, 2.24) is 9.55 Å². The van der Waals surface area contributed by atoms with Crippen molar-refractivity contribution in [3.05, 3.63) is 132 Å². The highest BCUT2D eigenvalue weighted by molar-refractivity contribution is 6.09. The third kappa shape index (κ3) is 7.19. The van der Waals surface area contributed by atoms with Crippen LogP contribution in [0.3, 0.4) is 0 Å². The number of rotatable bonds is 5. The van der Waals surface area contributed by atoms with E-state index in [-0.39, 0.29) is 21.7 Å². The minimum absolute atomic E-state index is 0.0107. The van der Waals surface area contributed by atoms with Gasteiger partial charge >= 0.3 is 0 Å². The molecule has 0 spiro atoms. The Morgan fingerprint density at radius 1 is 0.528 bits per heavy atom. The Morgan fingerprint density at radius 3 is 1.83 bits per heavy atom. The molecule has 0 bridgehead atoms. The van der Waals surface area contributed by atoms with E-state index in [0.29, 0.717) is 0 Å². The second kappa shape index (κ2) is 12.8. The largest absolute Gasteiger partial charge is 0.457 e. The Labute approximate surface area is 316 Å². The molecule has 0 N–H and O–H groups in total. The van der Waals surface area contributed by atoms with Gasteiger partial charge in [0, 0.05) is 57.8 Å². The van der Waals surface area contributed by atoms with E-state index in [1.165, 1.54) is 38.8 Å². The number of ether oxygens (including phenoxy) is 1. The number of pyridine rings is 1. The molecular weight excluding hydrogens is 649 g/mol. The highest BCUT2D eigenvalue weighted by Gasteiger charge is 2.33. The Balaban J connectivity index is 1.24. The third-order valence-electron chi connectivity index (χ3n) is 10.5. The fourth-order valence-electron chi connectivity index (χ4n) is 7.22. The van der Waals surface area contributed by atoms with Crippen LogP contribution in [0.1, 0.15) is 99.8 Å². The zero-order chi connectivity index (χ0) is 38.1. The van der Waals surface area contributed by atoms with Gasteiger partial charge in [-0.2, -0.15) is 0 Å². The molecule has 0 amide bonds. The van der Waals surface area contributed by atoms with Crippen molar-refractivity contribution in [3.63, 3.8) is 0 Å². The van der Waals surface area contributed by atoms with E-state index in [1.54, 1.807) is 0 Å². The lowest BCUT2D eigenvalue weighted by Gasteiger charge is -2.33. The maximum atomic E-state index is 6.67. The number of anilines is 2. The van der Waals surface area contributed by atoms with Crippen molar-refractivity contribution in [3.8, 4) is 17.3 Å². The highest BCUT2D eigenvalue weighted by atomic mass is 16.5. The van der Waals surface area contributed by atoms with Crippen molar-refractivity contribution >= 4 is 33.2 Å². The zero-order valence-electron chi connectivity index (χ0n) is 33.8. The Hall–Kier alpha value is -5.03. The molecule has 53 heavy (non-hydrogen) atoms. The summed E-state index contributed by atoms with van der Waals surface area (Å²) < 4.78 is 8.93. The SMILES string of the molecule is CC(C)(C)C1=CN(c2cccc(Oc3ccc4c5ccccc5n(-c5cc(C(C)(C)C)ccn5)c4c3)c2)CN1c1cc(C(C)(C)C)cc(C(C)(C)C)c1. The summed E-state index contributed by atoms with van der Waals surface area (Å²) in [5, 5.41) is 2.37. The van der Waals surface area contributed by atoms with Gasteiger partial charge in [-0.05, 0) is 87.5 Å². The van der Waals surface area contributed by atoms with Crippen LogP contribution in [0.2, 0.25) is 0 Å². The second-order valence-electron chi connectivity index (χ2n) is 18.9. The van der Waals surface area contributed by atoms with Crippen molar-refractivity contribution < 1.29 is 4.74 Å². The monoisotopic (exact) mass is 704 g/mol. The number of hydrogen-bond donors (Lipinski definition) is 0. The third-order valence-corrected chi connectivity index (χ3v) is 10.5. The van der Waals surface area contributed by atoms with Gasteiger partial charge in [0.1, 0.15) is 17.3 Å². The Morgan fingerprint density at radius 2 is 1.17 bits per heavy atom. The number of aromatic nitrogens is 2. The van der Waals surface area contributed by atoms with Crippen LogP contribution in [0.5, 0.6) is 11.5 Å². The topological polar surface area (TPSA) is 33.5 Å². The summed E-state index contributed by atoms with van der Waals surface area (Å²) in [6, 6.07) is 34.9. The van der Waals surface area contributed by atoms with Crippen LogP contribution in [0.4, 0.5) is 11.4 Å². The van der Waals surface area contributed by atoms with Gasteiger partial charge in [-0.3, -0.25) is 4.57 Å². The van der Waals surface area contributed by atoms with E-state index < -0.39 is 0 Å². The molecule has 0 radical (unpaired) electrons. The first-order valence-corrected chi connectivity index (χ1v) is 19.0. The van der Waals surface area contributed by atoms with Gasteiger partial charge in [-0.1, -0.05) is 113 Å². The van der Waals surface area contributed by atoms with Crippen LogP contribution >= 0.6 is 0 Å². The van der Waals surface area contributed by atoms with Crippen LogP contribution in [-0.2, 0) is 16.2 Å². The van der Waals surface area contributed by atoms with Gasteiger partial charge in [0.25, 0.3) is 0 Å². The number of hydrogen-bond acceptors (Lipinski definition) is 4. The van der Waals surface area contributed by atoms with Gasteiger partial charge in [0.05, 0.1) is 17.7 Å². The minimum atomic E-state index is -0.0579. The molecule has 5 heteroatoms. The molecule has 0 unspecified atom stereocenters. The smallest absolute Gasteiger partial charge is 0.137 e. The van der Waals surface area contributed by atoms with Crippen LogP contribution in [0.25, 0.3) is 27.6 Å². The summed E-state index contributed by atoms with van der Waals surface area (Å²) in [5.74, 6) is 2.49. The summed E-state index contributed by atoms with van der Waals surface area (Å²) in [4.78, 5) is 9.70. The lowest BCUT2D eigenvalue weighted by Crippen LogP contribution is -2.31. The minimum Gasteiger partial charge on any atom is -0.457 e. The van der Waals surface area contributed by atoms with Gasteiger partial charge in [0.2, 0.25) is 0 Å². The maximum absolute atomic E-state index is 6.67. The Kier molecular flexibility index (Phi) is 8.79. The summed E-state index contributed by atoms with van der Waals surface area (Å²) in [6.07, 6.45) is 4.25. The van der Waals surface area contributed by atoms with E-state index in [0.717, 1.165) is 40.7 Å². The molecule has 1 aliphatic heterocycles. The zero-order valence-corrected chi connectivity index (χ0v) is 33.8. The molecule has 4 aromatic carbocycles. The first kappa shape index (κ1) is 36.3. The molecule has 6 aromatic rings. The molecule has 0 saturated heterocycles. The highest BCUT2D eigenvalue weighted by Crippen LogP contribution is 2.42. The predicted molar refractivity (Wildman–Crippen MR) is 225 cm³/mol. The molecular formula is C48H56N4O. The molecule has 0 fully saturated rings. The molecule has 0 aliphatic carbocycles. The molecule has 5 nitrogen and oxygen atoms in total. The van der Waals surface area contributed by atoms with Gasteiger partial charge < -0.3 is 14.5 Å². The van der Waals surface area contributed by atoms with Crippen molar-refractivity contribution in [2.75, 3.05) is 16.5 Å². The molecule has 274 valence electrons. The van der Waals surface area contributed by atoms with E-state index in [1.807, 2.05) is 12.3 Å². The normalized spacial score (nSPS) is 14.4. The van der Waals surface area contributed by atoms with E-state index >= 15 is 0 Å². The van der Waals surface area contributed by atoms with Crippen LogP contribution < -0.4 is 14.5 Å². The second-order valence-corrected chi connectivity index (χ2v) is 18.9. The van der Waals surface area contributed by atoms with Crippen molar-refractivity contribution in [2.24, 2.45) is 5.41 Å². The number of allylic oxidation sites excluding steroid dienone is 1. The standard InChI is InChI=1S/C48H56N4O/c1-45(2,3)32-22-23-49-44(27-32)52-41-19-14-13-18-39(41)40-21-20-38(29-42(40)52)53-37-17-15-16-35(28-37)50-30-43(48(10,11)12)51(31-50)36-25-33(46(4,5)6)24-34(26-36)47(7,8)9/h13-30H,31H2,1-12H3. The number of para-hydroxylation sites is 1. The molecule has 0 saturated carbocycles. The van der Waals surface area contributed by atoms with Crippen molar-refractivity contribution in [1.29, 1.82) is 0 Å². The van der Waals surface area contributed by atoms with Crippen LogP contribution in [0.15, 0.2) is 115 Å². The number of nitrogens with zero attached hydrogens (tertiary/aromatic N) is 4. The molecule has 2 aromatic heterocycles. The first-order valence-electron chi connectivity index (χ1n) is 19.0. The molecule has 7 rings (SSSR count). The summed E-state index contributed by atoms with van der Waals surface area (Å²) in [6.45, 7) is 28.2. The van der Waals surface area contributed by atoms with Crippen LogP contribution in [0, 0.1) is 5.41 Å². The predicted octanol–water partition coefficient (Wildman–Crippen LogP) is 13.0. The van der Waals surface area contributed by atoms with Gasteiger partial charge in [-0.25, -0.2) is 4.98 Å². The molecule has 0 atom stereocenters. The first-order chi connectivity index (χ1) is 24.8. The number of fused-ring (bicyclic) bond motifs is 3. The molecule has 1 aliphatic rings. The summed E-state index contributed by atoms with van der Waals surface area (Å²) in [5.41, 5.74) is 9.81. The Bertz CT molecular complexity index is 2320. The van der Waals surface area contributed by atoms with Crippen molar-refractivity contribution in [2.45, 2.75) is 99.3 Å². The quantitative estimate of drug-likeness (QED) is 0.179. The lowest BCUT2D eigenvalue weighted by atomic mass is 9.80. The fourth-order valence-corrected chi connectivity index (χ4v) is 7.22. The van der Waals surface area contributed by atoms with Crippen LogP contribution in [-0.4, -0.2) is 16.2 Å². The van der Waals surface area contributed by atoms with E-state index in [9.17, 15) is 0 Å². The average Bonchev–Trinajstić information content (AvgIpc) is 3.68. The van der Waals surface area contributed by atoms with Gasteiger partial charge in [0.15, 0.2) is 0 Å².